The van der Waals surface area contributed by atoms with Gasteiger partial charge in [0.2, 0.25) is 0 Å². The molecule has 4 nitrogen and oxygen atoms in total. The fourth-order valence-electron chi connectivity index (χ4n) is 3.30. The van der Waals surface area contributed by atoms with Gasteiger partial charge in [0, 0.05) is 17.7 Å². The molecule has 0 fully saturated rings. The molecule has 0 spiro atoms. The molecule has 2 amide bonds. The summed E-state index contributed by atoms with van der Waals surface area (Å²) in [6, 6.07) is 10.5. The number of rotatable bonds is 3. The number of nitrogens with zero attached hydrogens (tertiary/aromatic N) is 1. The number of methoxy groups -OCH3 is 1. The molecule has 0 bridgehead atoms. The van der Waals surface area contributed by atoms with Crippen molar-refractivity contribution in [3.8, 4) is 0 Å². The van der Waals surface area contributed by atoms with E-state index in [4.69, 9.17) is 16.3 Å². The first-order valence-corrected chi connectivity index (χ1v) is 8.17. The summed E-state index contributed by atoms with van der Waals surface area (Å²) in [7, 11) is 0.932. The first-order valence-electron chi connectivity index (χ1n) is 7.79. The first kappa shape index (κ1) is 18.5. The molecule has 26 heavy (non-hydrogen) atoms. The van der Waals surface area contributed by atoms with Crippen LogP contribution in [0.3, 0.4) is 0 Å². The van der Waals surface area contributed by atoms with Crippen LogP contribution < -0.4 is 5.32 Å². The number of hydrogen-bond donors (Lipinski definition) is 1. The van der Waals surface area contributed by atoms with E-state index < -0.39 is 24.0 Å². The molecule has 1 heterocycles. The third kappa shape index (κ3) is 2.71. The number of amides is 2. The SMILES string of the molecule is CO[C@]1(C(F)(F)F)c2cc(Cl)ccc2NC(=O)N1[C@H](C)c1ccccc1. The molecule has 0 saturated heterocycles. The number of carbonyl (C=O) groups excluding carboxylic acids is 1. The zero-order chi connectivity index (χ0) is 19.1. The Labute approximate surface area is 153 Å². The molecule has 1 aliphatic heterocycles. The Hall–Kier alpha value is -2.25. The van der Waals surface area contributed by atoms with Gasteiger partial charge in [-0.15, -0.1) is 0 Å². The Kier molecular flexibility index (Phi) is 4.62. The van der Waals surface area contributed by atoms with Crippen LogP contribution in [0.5, 0.6) is 0 Å². The quantitative estimate of drug-likeness (QED) is 0.779. The maximum atomic E-state index is 14.3. The number of halogens is 4. The number of anilines is 1. The third-order valence-corrected chi connectivity index (χ3v) is 4.73. The summed E-state index contributed by atoms with van der Waals surface area (Å²) in [5, 5.41) is 2.61. The molecule has 138 valence electrons. The van der Waals surface area contributed by atoms with E-state index in [1.807, 2.05) is 0 Å². The molecule has 3 rings (SSSR count). The summed E-state index contributed by atoms with van der Waals surface area (Å²) >= 11 is 5.94. The van der Waals surface area contributed by atoms with E-state index in [0.717, 1.165) is 13.2 Å². The number of hydrogen-bond acceptors (Lipinski definition) is 2. The van der Waals surface area contributed by atoms with Gasteiger partial charge in [0.25, 0.3) is 5.72 Å². The van der Waals surface area contributed by atoms with Crippen molar-refractivity contribution in [1.29, 1.82) is 0 Å². The molecular formula is C18H16ClF3N2O2. The second-order valence-electron chi connectivity index (χ2n) is 5.92. The second kappa shape index (κ2) is 6.48. The molecule has 8 heteroatoms. The molecule has 0 aliphatic carbocycles. The van der Waals surface area contributed by atoms with Gasteiger partial charge in [-0.2, -0.15) is 13.2 Å². The highest BCUT2D eigenvalue weighted by molar-refractivity contribution is 6.30. The van der Waals surface area contributed by atoms with E-state index in [0.29, 0.717) is 10.5 Å². The van der Waals surface area contributed by atoms with Gasteiger partial charge in [-0.1, -0.05) is 41.9 Å². The molecular weight excluding hydrogens is 369 g/mol. The third-order valence-electron chi connectivity index (χ3n) is 4.50. The maximum Gasteiger partial charge on any atom is 0.441 e. The summed E-state index contributed by atoms with van der Waals surface area (Å²) in [4.78, 5) is 13.3. The Balaban J connectivity index is 2.27. The zero-order valence-electron chi connectivity index (χ0n) is 14.0. The van der Waals surface area contributed by atoms with E-state index >= 15 is 0 Å². The summed E-state index contributed by atoms with van der Waals surface area (Å²) in [6.45, 7) is 1.52. The monoisotopic (exact) mass is 384 g/mol. The van der Waals surface area contributed by atoms with Crippen LogP contribution in [0.2, 0.25) is 5.02 Å². The van der Waals surface area contributed by atoms with E-state index in [1.165, 1.54) is 19.1 Å². The fraction of sp³-hybridized carbons (Fsp3) is 0.278. The Bertz CT molecular complexity index is 829. The van der Waals surface area contributed by atoms with Crippen molar-refractivity contribution in [3.63, 3.8) is 0 Å². The Morgan fingerprint density at radius 1 is 1.19 bits per heavy atom. The minimum Gasteiger partial charge on any atom is -0.347 e. The normalized spacial score (nSPS) is 21.2. The highest BCUT2D eigenvalue weighted by Gasteiger charge is 2.66. The van der Waals surface area contributed by atoms with E-state index in [1.54, 1.807) is 30.3 Å². The van der Waals surface area contributed by atoms with Gasteiger partial charge in [0.15, 0.2) is 0 Å². The van der Waals surface area contributed by atoms with E-state index in [2.05, 4.69) is 5.32 Å². The molecule has 0 aromatic heterocycles. The van der Waals surface area contributed by atoms with Crippen LogP contribution in [0, 0.1) is 0 Å². The highest BCUT2D eigenvalue weighted by atomic mass is 35.5. The van der Waals surface area contributed by atoms with Gasteiger partial charge in [-0.25, -0.2) is 4.79 Å². The van der Waals surface area contributed by atoms with Crippen molar-refractivity contribution >= 4 is 23.3 Å². The topological polar surface area (TPSA) is 41.6 Å². The van der Waals surface area contributed by atoms with Gasteiger partial charge in [0.1, 0.15) is 0 Å². The van der Waals surface area contributed by atoms with Gasteiger partial charge >= 0.3 is 12.2 Å². The van der Waals surface area contributed by atoms with Crippen molar-refractivity contribution in [1.82, 2.24) is 4.90 Å². The van der Waals surface area contributed by atoms with Gasteiger partial charge in [-0.05, 0) is 30.7 Å². The predicted molar refractivity (Wildman–Crippen MR) is 91.9 cm³/mol. The Morgan fingerprint density at radius 2 is 1.85 bits per heavy atom. The summed E-state index contributed by atoms with van der Waals surface area (Å²) in [5.41, 5.74) is -2.68. The van der Waals surface area contributed by atoms with Gasteiger partial charge in [-0.3, -0.25) is 4.90 Å². The van der Waals surface area contributed by atoms with Crippen LogP contribution in [-0.2, 0) is 10.5 Å². The van der Waals surface area contributed by atoms with Crippen LogP contribution in [0.1, 0.15) is 24.1 Å². The van der Waals surface area contributed by atoms with Gasteiger partial charge < -0.3 is 10.1 Å². The van der Waals surface area contributed by atoms with E-state index in [9.17, 15) is 18.0 Å². The molecule has 2 atom stereocenters. The number of benzene rings is 2. The van der Waals surface area contributed by atoms with Crippen molar-refractivity contribution in [2.24, 2.45) is 0 Å². The minimum absolute atomic E-state index is 0.00934. The van der Waals surface area contributed by atoms with Crippen molar-refractivity contribution in [2.45, 2.75) is 24.9 Å². The van der Waals surface area contributed by atoms with E-state index in [-0.39, 0.29) is 16.3 Å². The van der Waals surface area contributed by atoms with Gasteiger partial charge in [0.05, 0.1) is 11.7 Å². The van der Waals surface area contributed by atoms with Crippen LogP contribution in [0.4, 0.5) is 23.7 Å². The first-order chi connectivity index (χ1) is 12.2. The molecule has 1 aliphatic rings. The number of fused-ring (bicyclic) bond motifs is 1. The van der Waals surface area contributed by atoms with Crippen LogP contribution in [0.15, 0.2) is 48.5 Å². The number of alkyl halides is 3. The molecule has 0 unspecified atom stereocenters. The molecule has 2 aromatic rings. The average Bonchev–Trinajstić information content (AvgIpc) is 2.60. The van der Waals surface area contributed by atoms with Crippen LogP contribution >= 0.6 is 11.6 Å². The Morgan fingerprint density at radius 3 is 2.42 bits per heavy atom. The lowest BCUT2D eigenvalue weighted by atomic mass is 9.92. The standard InChI is InChI=1S/C18H16ClF3N2O2/c1-11(12-6-4-3-5-7-12)24-16(25)23-15-9-8-13(19)10-14(15)17(24,26-2)18(20,21)22/h3-11H,1-2H3,(H,23,25)/t11-,17+/m1/s1. The smallest absolute Gasteiger partial charge is 0.347 e. The number of urea groups is 1. The zero-order valence-corrected chi connectivity index (χ0v) is 14.7. The summed E-state index contributed by atoms with van der Waals surface area (Å²) in [5.74, 6) is 0. The van der Waals surface area contributed by atoms with Crippen molar-refractivity contribution in [2.75, 3.05) is 12.4 Å². The molecule has 0 saturated carbocycles. The lowest BCUT2D eigenvalue weighted by molar-refractivity contribution is -0.328. The number of ether oxygens (including phenoxy) is 1. The predicted octanol–water partition coefficient (Wildman–Crippen LogP) is 5.31. The van der Waals surface area contributed by atoms with Crippen molar-refractivity contribution < 1.29 is 22.7 Å². The molecule has 2 aromatic carbocycles. The highest BCUT2D eigenvalue weighted by Crippen LogP contribution is 2.52. The fourth-order valence-corrected chi connectivity index (χ4v) is 3.47. The number of nitrogens with one attached hydrogen (secondary N) is 1. The van der Waals surface area contributed by atoms with Crippen LogP contribution in [-0.4, -0.2) is 24.2 Å². The number of carbonyl (C=O) groups is 1. The lowest BCUT2D eigenvalue weighted by Crippen LogP contribution is -2.63. The largest absolute Gasteiger partial charge is 0.441 e. The molecule has 0 radical (unpaired) electrons. The average molecular weight is 385 g/mol. The lowest BCUT2D eigenvalue weighted by Gasteiger charge is -2.49. The summed E-state index contributed by atoms with van der Waals surface area (Å²) in [6.07, 6.45) is -4.90. The second-order valence-corrected chi connectivity index (χ2v) is 6.36. The summed E-state index contributed by atoms with van der Waals surface area (Å²) < 4.78 is 48.0. The van der Waals surface area contributed by atoms with Crippen molar-refractivity contribution in [3.05, 3.63) is 64.7 Å². The minimum atomic E-state index is -4.90. The van der Waals surface area contributed by atoms with Crippen LogP contribution in [0.25, 0.3) is 0 Å². The maximum absolute atomic E-state index is 14.3. The molecule has 1 N–H and O–H groups in total.